The summed E-state index contributed by atoms with van der Waals surface area (Å²) in [7, 11) is 0. The second-order valence-corrected chi connectivity index (χ2v) is 5.27. The van der Waals surface area contributed by atoms with Crippen molar-refractivity contribution in [2.24, 2.45) is 10.2 Å². The van der Waals surface area contributed by atoms with Crippen LogP contribution in [0.3, 0.4) is 0 Å². The van der Waals surface area contributed by atoms with Crippen LogP contribution in [0.15, 0.2) is 83.2 Å². The molecule has 0 spiro atoms. The van der Waals surface area contributed by atoms with Crippen LogP contribution in [-0.2, 0) is 0 Å². The summed E-state index contributed by atoms with van der Waals surface area (Å²) >= 11 is 0. The van der Waals surface area contributed by atoms with Crippen LogP contribution in [-0.4, -0.2) is 4.98 Å². The zero-order valence-electron chi connectivity index (χ0n) is 12.3. The Hall–Kier alpha value is -3.27. The van der Waals surface area contributed by atoms with Crippen molar-refractivity contribution >= 4 is 38.7 Å². The number of pyridine rings is 1. The van der Waals surface area contributed by atoms with Crippen molar-refractivity contribution in [2.45, 2.75) is 0 Å². The van der Waals surface area contributed by atoms with E-state index in [1.165, 1.54) is 0 Å². The molecule has 0 bridgehead atoms. The minimum atomic E-state index is 0.742. The minimum Gasteiger partial charge on any atom is -0.398 e. The molecule has 0 unspecified atom stereocenters. The molecule has 1 aromatic heterocycles. The number of rotatable bonds is 2. The Bertz CT molecular complexity index is 1030. The Morgan fingerprint density at radius 3 is 2.39 bits per heavy atom. The molecule has 0 saturated carbocycles. The number of aromatic nitrogens is 1. The Kier molecular flexibility index (Phi) is 3.20. The standard InChI is InChI=1S/C19H14N4/c20-16-10-11-17(15-8-2-1-7-14(15)16)22-23-18-9-3-5-13-6-4-12-21-19(13)18/h1-12H,20H2. The number of nitrogens with zero attached hydrogens (tertiary/aromatic N) is 3. The van der Waals surface area contributed by atoms with E-state index in [1.54, 1.807) is 6.20 Å². The van der Waals surface area contributed by atoms with Gasteiger partial charge in [0.2, 0.25) is 0 Å². The van der Waals surface area contributed by atoms with Crippen molar-refractivity contribution in [1.29, 1.82) is 0 Å². The lowest BCUT2D eigenvalue weighted by Gasteiger charge is -2.04. The summed E-state index contributed by atoms with van der Waals surface area (Å²) in [5.41, 5.74) is 9.16. The molecule has 4 nitrogen and oxygen atoms in total. The van der Waals surface area contributed by atoms with Gasteiger partial charge in [0.25, 0.3) is 0 Å². The van der Waals surface area contributed by atoms with Gasteiger partial charge in [-0.1, -0.05) is 42.5 Å². The van der Waals surface area contributed by atoms with Crippen LogP contribution in [0, 0.1) is 0 Å². The number of hydrogen-bond acceptors (Lipinski definition) is 4. The summed E-state index contributed by atoms with van der Waals surface area (Å²) in [6, 6.07) is 21.5. The molecular weight excluding hydrogens is 284 g/mol. The van der Waals surface area contributed by atoms with Gasteiger partial charge in [-0.25, -0.2) is 0 Å². The molecule has 0 aliphatic rings. The summed E-state index contributed by atoms with van der Waals surface area (Å²) in [5, 5.41) is 11.9. The number of nitrogens with two attached hydrogens (primary N) is 1. The number of azo groups is 1. The van der Waals surface area contributed by atoms with Gasteiger partial charge in [-0.3, -0.25) is 4.98 Å². The van der Waals surface area contributed by atoms with Crippen molar-refractivity contribution in [3.8, 4) is 0 Å². The fraction of sp³-hybridized carbons (Fsp3) is 0. The number of fused-ring (bicyclic) bond motifs is 2. The highest BCUT2D eigenvalue weighted by atomic mass is 15.1. The lowest BCUT2D eigenvalue weighted by Crippen LogP contribution is -1.86. The zero-order chi connectivity index (χ0) is 15.6. The molecule has 4 rings (SSSR count). The quantitative estimate of drug-likeness (QED) is 0.398. The molecule has 1 heterocycles. The number of benzene rings is 3. The number of para-hydroxylation sites is 1. The van der Waals surface area contributed by atoms with Gasteiger partial charge in [0.1, 0.15) is 5.69 Å². The molecular formula is C19H14N4. The maximum Gasteiger partial charge on any atom is 0.112 e. The van der Waals surface area contributed by atoms with E-state index in [9.17, 15) is 0 Å². The van der Waals surface area contributed by atoms with Crippen LogP contribution in [0.5, 0.6) is 0 Å². The van der Waals surface area contributed by atoms with Crippen LogP contribution in [0.2, 0.25) is 0 Å². The van der Waals surface area contributed by atoms with Gasteiger partial charge in [-0.05, 0) is 24.3 Å². The summed E-state index contributed by atoms with van der Waals surface area (Å²) in [6.07, 6.45) is 1.76. The topological polar surface area (TPSA) is 63.6 Å². The monoisotopic (exact) mass is 298 g/mol. The smallest absolute Gasteiger partial charge is 0.112 e. The van der Waals surface area contributed by atoms with Gasteiger partial charge in [0.15, 0.2) is 0 Å². The third-order valence-corrected chi connectivity index (χ3v) is 3.81. The second kappa shape index (κ2) is 5.50. The second-order valence-electron chi connectivity index (χ2n) is 5.27. The largest absolute Gasteiger partial charge is 0.398 e. The Morgan fingerprint density at radius 1 is 0.696 bits per heavy atom. The molecule has 0 radical (unpaired) electrons. The third kappa shape index (κ3) is 2.40. The highest BCUT2D eigenvalue weighted by Gasteiger charge is 2.04. The van der Waals surface area contributed by atoms with E-state index in [2.05, 4.69) is 15.2 Å². The number of anilines is 1. The molecule has 4 aromatic rings. The van der Waals surface area contributed by atoms with E-state index in [0.29, 0.717) is 0 Å². The van der Waals surface area contributed by atoms with E-state index in [4.69, 9.17) is 5.73 Å². The summed E-state index contributed by atoms with van der Waals surface area (Å²) in [4.78, 5) is 4.40. The first kappa shape index (κ1) is 13.4. The molecule has 3 aromatic carbocycles. The average Bonchev–Trinajstić information content (AvgIpc) is 2.61. The van der Waals surface area contributed by atoms with Crippen LogP contribution in [0.4, 0.5) is 17.1 Å². The fourth-order valence-corrected chi connectivity index (χ4v) is 2.67. The number of nitrogen functional groups attached to an aromatic ring is 1. The van der Waals surface area contributed by atoms with Crippen LogP contribution in [0.1, 0.15) is 0 Å². The average molecular weight is 298 g/mol. The molecule has 110 valence electrons. The predicted octanol–water partition coefficient (Wildman–Crippen LogP) is 5.39. The molecule has 4 heteroatoms. The van der Waals surface area contributed by atoms with Crippen LogP contribution >= 0.6 is 0 Å². The number of hydrogen-bond donors (Lipinski definition) is 1. The molecule has 0 atom stereocenters. The first-order chi connectivity index (χ1) is 11.3. The van der Waals surface area contributed by atoms with Crippen molar-refractivity contribution < 1.29 is 0 Å². The minimum absolute atomic E-state index is 0.742. The molecule has 23 heavy (non-hydrogen) atoms. The molecule has 0 amide bonds. The molecule has 2 N–H and O–H groups in total. The third-order valence-electron chi connectivity index (χ3n) is 3.81. The molecule has 0 fully saturated rings. The summed E-state index contributed by atoms with van der Waals surface area (Å²) in [5.74, 6) is 0. The lowest BCUT2D eigenvalue weighted by molar-refractivity contribution is 1.24. The normalized spacial score (nSPS) is 11.5. The molecule has 0 aliphatic carbocycles. The Morgan fingerprint density at radius 2 is 1.48 bits per heavy atom. The van der Waals surface area contributed by atoms with Gasteiger partial charge in [-0.2, -0.15) is 0 Å². The molecule has 0 aliphatic heterocycles. The summed E-state index contributed by atoms with van der Waals surface area (Å²) in [6.45, 7) is 0. The van der Waals surface area contributed by atoms with E-state index >= 15 is 0 Å². The van der Waals surface area contributed by atoms with E-state index in [1.807, 2.05) is 66.7 Å². The predicted molar refractivity (Wildman–Crippen MR) is 94.3 cm³/mol. The van der Waals surface area contributed by atoms with Crippen molar-refractivity contribution in [1.82, 2.24) is 4.98 Å². The van der Waals surface area contributed by atoms with Gasteiger partial charge in [0, 0.05) is 28.0 Å². The van der Waals surface area contributed by atoms with Gasteiger partial charge in [-0.15, -0.1) is 10.2 Å². The van der Waals surface area contributed by atoms with E-state index in [0.717, 1.165) is 38.7 Å². The van der Waals surface area contributed by atoms with Crippen LogP contribution < -0.4 is 5.73 Å². The fourth-order valence-electron chi connectivity index (χ4n) is 2.67. The Balaban J connectivity index is 1.84. The SMILES string of the molecule is Nc1ccc(N=Nc2cccc3cccnc23)c2ccccc12. The highest BCUT2D eigenvalue weighted by molar-refractivity contribution is 6.00. The highest BCUT2D eigenvalue weighted by Crippen LogP contribution is 2.32. The van der Waals surface area contributed by atoms with E-state index < -0.39 is 0 Å². The first-order valence-corrected chi connectivity index (χ1v) is 7.36. The van der Waals surface area contributed by atoms with Gasteiger partial charge in [0.05, 0.1) is 11.2 Å². The Labute approximate surface area is 133 Å². The lowest BCUT2D eigenvalue weighted by atomic mass is 10.1. The maximum atomic E-state index is 6.02. The van der Waals surface area contributed by atoms with Crippen LogP contribution in [0.25, 0.3) is 21.7 Å². The van der Waals surface area contributed by atoms with Crippen molar-refractivity contribution in [3.63, 3.8) is 0 Å². The van der Waals surface area contributed by atoms with Gasteiger partial charge >= 0.3 is 0 Å². The van der Waals surface area contributed by atoms with Crippen molar-refractivity contribution in [2.75, 3.05) is 5.73 Å². The van der Waals surface area contributed by atoms with E-state index in [-0.39, 0.29) is 0 Å². The molecule has 0 saturated heterocycles. The summed E-state index contributed by atoms with van der Waals surface area (Å²) < 4.78 is 0. The zero-order valence-corrected chi connectivity index (χ0v) is 12.3. The van der Waals surface area contributed by atoms with Crippen molar-refractivity contribution in [3.05, 3.63) is 72.9 Å². The first-order valence-electron chi connectivity index (χ1n) is 7.36. The maximum absolute atomic E-state index is 6.02. The van der Waals surface area contributed by atoms with Gasteiger partial charge < -0.3 is 5.73 Å².